The van der Waals surface area contributed by atoms with Gasteiger partial charge in [0.2, 0.25) is 17.7 Å². The molecule has 14 heteroatoms. The molecule has 306 valence electrons. The van der Waals surface area contributed by atoms with Crippen molar-refractivity contribution in [2.45, 2.75) is 103 Å². The number of unbranched alkanes of at least 4 members (excludes halogenated alkanes) is 1. The normalized spacial score (nSPS) is 17.9. The molecule has 7 rings (SSSR count). The van der Waals surface area contributed by atoms with Crippen LogP contribution in [0.25, 0.3) is 10.9 Å². The predicted octanol–water partition coefficient (Wildman–Crippen LogP) is 4.16. The second-order valence-electron chi connectivity index (χ2n) is 16.6. The van der Waals surface area contributed by atoms with Gasteiger partial charge in [-0.15, -0.1) is 0 Å². The van der Waals surface area contributed by atoms with Gasteiger partial charge in [-0.1, -0.05) is 26.8 Å². The zero-order chi connectivity index (χ0) is 41.3. The zero-order valence-corrected chi connectivity index (χ0v) is 34.2. The van der Waals surface area contributed by atoms with Gasteiger partial charge in [0.25, 0.3) is 0 Å². The highest BCUT2D eigenvalue weighted by Gasteiger charge is 2.41. The number of imidazole rings is 1. The fourth-order valence-electron chi connectivity index (χ4n) is 8.96. The molecule has 4 aromatic rings. The van der Waals surface area contributed by atoms with Crippen LogP contribution in [0.4, 0.5) is 11.6 Å². The van der Waals surface area contributed by atoms with Crippen LogP contribution in [0.3, 0.4) is 0 Å². The second-order valence-corrected chi connectivity index (χ2v) is 16.6. The summed E-state index contributed by atoms with van der Waals surface area (Å²) >= 11 is 0. The number of likely N-dealkylation sites (tertiary alicyclic amines) is 1. The third-order valence-electron chi connectivity index (χ3n) is 12.4. The number of anilines is 2. The first-order chi connectivity index (χ1) is 27.8. The number of amides is 3. The van der Waals surface area contributed by atoms with E-state index < -0.39 is 11.5 Å². The maximum atomic E-state index is 14.1. The van der Waals surface area contributed by atoms with Gasteiger partial charge in [0.15, 0.2) is 11.7 Å². The Bertz CT molecular complexity index is 2270. The number of rotatable bonds is 13. The smallest absolute Gasteiger partial charge is 0.237 e. The topological polar surface area (TPSA) is 199 Å². The molecule has 4 heterocycles. The van der Waals surface area contributed by atoms with E-state index in [1.807, 2.05) is 27.8 Å². The van der Waals surface area contributed by atoms with Crippen molar-refractivity contribution < 1.29 is 19.2 Å². The number of fused-ring (bicyclic) bond motifs is 4. The van der Waals surface area contributed by atoms with Gasteiger partial charge in [0.1, 0.15) is 0 Å². The number of nitrogens with zero attached hydrogens (tertiary/aromatic N) is 6. The summed E-state index contributed by atoms with van der Waals surface area (Å²) in [6, 6.07) is 11.2. The Morgan fingerprint density at radius 3 is 2.55 bits per heavy atom. The average Bonchev–Trinajstić information content (AvgIpc) is 3.95. The molecule has 6 N–H and O–H groups in total. The van der Waals surface area contributed by atoms with Gasteiger partial charge >= 0.3 is 0 Å². The summed E-state index contributed by atoms with van der Waals surface area (Å²) in [4.78, 5) is 65.6. The van der Waals surface area contributed by atoms with E-state index in [0.717, 1.165) is 76.8 Å². The number of aryl methyl sites for hydroxylation is 3. The first-order valence-electron chi connectivity index (χ1n) is 20.7. The first-order valence-corrected chi connectivity index (χ1v) is 20.7. The van der Waals surface area contributed by atoms with Crippen molar-refractivity contribution in [3.63, 3.8) is 0 Å². The van der Waals surface area contributed by atoms with Crippen LogP contribution in [-0.4, -0.2) is 99.2 Å². The quantitative estimate of drug-likeness (QED) is 0.144. The number of aromatic nitrogens is 3. The van der Waals surface area contributed by atoms with E-state index in [2.05, 4.69) is 59.2 Å². The number of H-pyrrole nitrogens is 1. The fourth-order valence-corrected chi connectivity index (χ4v) is 8.96. The molecule has 2 fully saturated rings. The third kappa shape index (κ3) is 8.05. The predicted molar refractivity (Wildman–Crippen MR) is 223 cm³/mol. The highest BCUT2D eigenvalue weighted by molar-refractivity contribution is 6.20. The third-order valence-corrected chi connectivity index (χ3v) is 12.4. The Balaban J connectivity index is 0.872. The Morgan fingerprint density at radius 2 is 1.84 bits per heavy atom. The van der Waals surface area contributed by atoms with Gasteiger partial charge in [-0.2, -0.15) is 5.26 Å². The number of ketones is 1. The number of carbonyl (C=O) groups is 4. The lowest BCUT2D eigenvalue weighted by atomic mass is 9.70. The van der Waals surface area contributed by atoms with Crippen LogP contribution >= 0.6 is 0 Å². The lowest BCUT2D eigenvalue weighted by molar-refractivity contribution is -0.131. The summed E-state index contributed by atoms with van der Waals surface area (Å²) in [5.74, 6) is 0.416. The standard InChI is InChI=1S/C44H56N10O4/c1-5-29-22-33-34(44(3,4)41-39(40(33)57)32-13-12-28(24-45)21-36(32)50-41)23-37(29)51-17-19-52(20-18-51)38(56)11-7-6-9-30-26-54(43(47)49-30)15-8-10-35(46)42(58)48-31-14-16-53(25-31)27(2)55/h12-13,21-23,26,31,35,50H,5-11,14-20,25,46H2,1-4H3,(H2,47,49)(H,48,58)/t31-,35+/m1/s1. The molecule has 0 radical (unpaired) electrons. The number of hydrogen-bond donors (Lipinski definition) is 4. The Kier molecular flexibility index (Phi) is 11.6. The van der Waals surface area contributed by atoms with Crippen LogP contribution in [0.5, 0.6) is 0 Å². The van der Waals surface area contributed by atoms with E-state index in [1.54, 1.807) is 11.0 Å². The zero-order valence-electron chi connectivity index (χ0n) is 34.2. The Hall–Kier alpha value is -5.68. The number of carbonyl (C=O) groups excluding carboxylic acids is 4. The molecule has 1 aliphatic carbocycles. The molecule has 0 unspecified atom stereocenters. The number of aromatic amines is 1. The molecule has 2 atom stereocenters. The van der Waals surface area contributed by atoms with Crippen LogP contribution in [0.2, 0.25) is 0 Å². The molecular formula is C44H56N10O4. The summed E-state index contributed by atoms with van der Waals surface area (Å²) in [5, 5.41) is 13.3. The van der Waals surface area contributed by atoms with Crippen molar-refractivity contribution in [2.75, 3.05) is 49.9 Å². The number of nitriles is 1. The van der Waals surface area contributed by atoms with Gasteiger partial charge in [0.05, 0.1) is 28.9 Å². The van der Waals surface area contributed by atoms with Gasteiger partial charge in [-0.05, 0) is 80.3 Å². The van der Waals surface area contributed by atoms with Crippen molar-refractivity contribution >= 4 is 46.0 Å². The van der Waals surface area contributed by atoms with Crippen LogP contribution < -0.4 is 21.7 Å². The molecular weight excluding hydrogens is 733 g/mol. The van der Waals surface area contributed by atoms with E-state index in [1.165, 1.54) is 6.92 Å². The summed E-state index contributed by atoms with van der Waals surface area (Å²) in [5.41, 5.74) is 19.7. The average molecular weight is 789 g/mol. The molecule has 0 bridgehead atoms. The van der Waals surface area contributed by atoms with Gasteiger partial charge < -0.3 is 41.0 Å². The van der Waals surface area contributed by atoms with Gasteiger partial charge in [0, 0.05) is 105 Å². The largest absolute Gasteiger partial charge is 0.369 e. The molecule has 0 saturated carbocycles. The SMILES string of the molecule is CCc1cc2c(cc1N1CCN(C(=O)CCCCc3cn(CCC[C@H](N)C(=O)N[C@@H]4CCN(C(C)=O)C4)c(N)n3)CC1)C(C)(C)c1[nH]c3cc(C#N)ccc3c1C2=O. The maximum absolute atomic E-state index is 14.1. The lowest BCUT2D eigenvalue weighted by Gasteiger charge is -2.39. The number of nitrogens with one attached hydrogen (secondary N) is 2. The number of benzene rings is 2. The molecule has 2 saturated heterocycles. The molecule has 2 aliphatic heterocycles. The minimum atomic E-state index is -0.634. The second kappa shape index (κ2) is 16.7. The van der Waals surface area contributed by atoms with E-state index in [9.17, 15) is 24.4 Å². The first kappa shape index (κ1) is 40.5. The van der Waals surface area contributed by atoms with Crippen molar-refractivity contribution in [1.82, 2.24) is 29.7 Å². The Labute approximate surface area is 339 Å². The number of piperazine rings is 1. The Morgan fingerprint density at radius 1 is 1.07 bits per heavy atom. The van der Waals surface area contributed by atoms with E-state index >= 15 is 0 Å². The van der Waals surface area contributed by atoms with Crippen molar-refractivity contribution in [1.29, 1.82) is 5.26 Å². The molecule has 14 nitrogen and oxygen atoms in total. The van der Waals surface area contributed by atoms with Crippen molar-refractivity contribution in [3.05, 3.63) is 75.7 Å². The van der Waals surface area contributed by atoms with Crippen LogP contribution in [0, 0.1) is 11.3 Å². The summed E-state index contributed by atoms with van der Waals surface area (Å²) < 4.78 is 1.89. The summed E-state index contributed by atoms with van der Waals surface area (Å²) in [6.45, 7) is 12.4. The van der Waals surface area contributed by atoms with E-state index in [0.29, 0.717) is 82.2 Å². The van der Waals surface area contributed by atoms with Crippen LogP contribution in [0.15, 0.2) is 36.5 Å². The fraction of sp³-hybridized carbons (Fsp3) is 0.500. The lowest BCUT2D eigenvalue weighted by Crippen LogP contribution is -2.49. The monoisotopic (exact) mass is 788 g/mol. The molecule has 2 aromatic carbocycles. The van der Waals surface area contributed by atoms with Crippen LogP contribution in [0.1, 0.15) is 110 Å². The minimum absolute atomic E-state index is 0.0113. The molecule has 2 aromatic heterocycles. The van der Waals surface area contributed by atoms with Crippen molar-refractivity contribution in [3.8, 4) is 6.07 Å². The molecule has 3 amide bonds. The van der Waals surface area contributed by atoms with Crippen molar-refractivity contribution in [2.24, 2.45) is 5.73 Å². The molecule has 3 aliphatic rings. The number of hydrogen-bond acceptors (Lipinski definition) is 9. The van der Waals surface area contributed by atoms with Crippen LogP contribution in [-0.2, 0) is 39.2 Å². The molecule has 58 heavy (non-hydrogen) atoms. The van der Waals surface area contributed by atoms with E-state index in [-0.39, 0.29) is 29.5 Å². The van der Waals surface area contributed by atoms with E-state index in [4.69, 9.17) is 11.5 Å². The number of nitrogen functional groups attached to an aromatic ring is 1. The highest BCUT2D eigenvalue weighted by atomic mass is 16.2. The summed E-state index contributed by atoms with van der Waals surface area (Å²) in [6.07, 6.45) is 7.40. The number of nitrogens with two attached hydrogens (primary N) is 2. The molecule has 0 spiro atoms. The van der Waals surface area contributed by atoms with Gasteiger partial charge in [-0.3, -0.25) is 19.2 Å². The maximum Gasteiger partial charge on any atom is 0.237 e. The summed E-state index contributed by atoms with van der Waals surface area (Å²) in [7, 11) is 0. The minimum Gasteiger partial charge on any atom is -0.369 e. The highest BCUT2D eigenvalue weighted by Crippen LogP contribution is 2.46. The van der Waals surface area contributed by atoms with Gasteiger partial charge in [-0.25, -0.2) is 4.98 Å².